The molecule has 28 heavy (non-hydrogen) atoms. The van der Waals surface area contributed by atoms with Gasteiger partial charge in [-0.25, -0.2) is 4.79 Å². The van der Waals surface area contributed by atoms with Crippen molar-refractivity contribution >= 4 is 28.2 Å². The smallest absolute Gasteiger partial charge is 0.416 e. The van der Waals surface area contributed by atoms with Crippen LogP contribution in [0, 0.1) is 0 Å². The molecule has 0 bridgehead atoms. The summed E-state index contributed by atoms with van der Waals surface area (Å²) in [6, 6.07) is 11.3. The Bertz CT molecular complexity index is 1100. The summed E-state index contributed by atoms with van der Waals surface area (Å²) in [5.41, 5.74) is -0.985. The number of rotatable bonds is 4. The molecule has 1 heterocycles. The normalized spacial score (nSPS) is 11.5. The van der Waals surface area contributed by atoms with E-state index in [4.69, 9.17) is 4.74 Å². The third-order valence-electron chi connectivity index (χ3n) is 4.24. The number of benzene rings is 2. The van der Waals surface area contributed by atoms with Crippen LogP contribution in [0.1, 0.15) is 22.8 Å². The molecule has 0 saturated carbocycles. The van der Waals surface area contributed by atoms with E-state index in [1.807, 2.05) is 0 Å². The number of aromatic nitrogens is 1. The number of hydrogen-bond donors (Lipinski definition) is 1. The van der Waals surface area contributed by atoms with Gasteiger partial charge >= 0.3 is 12.1 Å². The fourth-order valence-corrected chi connectivity index (χ4v) is 2.94. The molecule has 8 heteroatoms. The highest BCUT2D eigenvalue weighted by Crippen LogP contribution is 2.33. The van der Waals surface area contributed by atoms with Crippen molar-refractivity contribution in [2.75, 3.05) is 11.9 Å². The summed E-state index contributed by atoms with van der Waals surface area (Å²) in [6.07, 6.45) is -4.52. The van der Waals surface area contributed by atoms with E-state index in [0.717, 1.165) is 12.1 Å². The van der Waals surface area contributed by atoms with Crippen LogP contribution in [-0.2, 0) is 18.0 Å². The van der Waals surface area contributed by atoms with Gasteiger partial charge in [-0.05, 0) is 31.2 Å². The van der Waals surface area contributed by atoms with Crippen LogP contribution in [0.15, 0.2) is 53.3 Å². The van der Waals surface area contributed by atoms with Gasteiger partial charge in [0.25, 0.3) is 5.56 Å². The van der Waals surface area contributed by atoms with Crippen molar-refractivity contribution in [1.29, 1.82) is 0 Å². The van der Waals surface area contributed by atoms with Crippen LogP contribution in [-0.4, -0.2) is 17.1 Å². The van der Waals surface area contributed by atoms with Gasteiger partial charge in [-0.3, -0.25) is 4.79 Å². The van der Waals surface area contributed by atoms with Crippen LogP contribution in [0.2, 0.25) is 0 Å². The maximum Gasteiger partial charge on any atom is 0.416 e. The average molecular weight is 390 g/mol. The highest BCUT2D eigenvalue weighted by Gasteiger charge is 2.30. The molecule has 0 aliphatic rings. The highest BCUT2D eigenvalue weighted by atomic mass is 19.4. The fraction of sp³-hybridized carbons (Fsp3) is 0.200. The Kier molecular flexibility index (Phi) is 5.13. The van der Waals surface area contributed by atoms with Crippen molar-refractivity contribution in [2.24, 2.45) is 7.05 Å². The van der Waals surface area contributed by atoms with E-state index in [0.29, 0.717) is 10.9 Å². The van der Waals surface area contributed by atoms with E-state index in [9.17, 15) is 22.8 Å². The van der Waals surface area contributed by atoms with Crippen LogP contribution in [0.5, 0.6) is 0 Å². The molecule has 146 valence electrons. The number of ether oxygens (including phenoxy) is 1. The zero-order chi connectivity index (χ0) is 20.5. The third kappa shape index (κ3) is 3.58. The van der Waals surface area contributed by atoms with Crippen molar-refractivity contribution in [3.05, 3.63) is 70.0 Å². The van der Waals surface area contributed by atoms with Gasteiger partial charge in [0.05, 0.1) is 23.4 Å². The summed E-state index contributed by atoms with van der Waals surface area (Å²) in [5.74, 6) is -0.844. The number of anilines is 2. The van der Waals surface area contributed by atoms with Crippen LogP contribution in [0.25, 0.3) is 10.9 Å². The number of carbonyl (C=O) groups is 1. The molecule has 2 aromatic carbocycles. The molecule has 0 unspecified atom stereocenters. The lowest BCUT2D eigenvalue weighted by Gasteiger charge is -2.17. The Morgan fingerprint density at radius 2 is 1.86 bits per heavy atom. The Morgan fingerprint density at radius 3 is 2.54 bits per heavy atom. The third-order valence-corrected chi connectivity index (χ3v) is 4.24. The summed E-state index contributed by atoms with van der Waals surface area (Å²) in [4.78, 5) is 25.2. The molecule has 0 fully saturated rings. The van der Waals surface area contributed by atoms with Gasteiger partial charge in [0, 0.05) is 18.1 Å². The summed E-state index contributed by atoms with van der Waals surface area (Å²) in [6.45, 7) is 1.65. The lowest BCUT2D eigenvalue weighted by Crippen LogP contribution is -2.27. The molecule has 1 N–H and O–H groups in total. The lowest BCUT2D eigenvalue weighted by atomic mass is 10.1. The van der Waals surface area contributed by atoms with E-state index in [2.05, 4.69) is 5.32 Å². The molecule has 0 aliphatic heterocycles. The first-order valence-electron chi connectivity index (χ1n) is 8.47. The number of esters is 1. The number of nitrogens with zero attached hydrogens (tertiary/aromatic N) is 1. The summed E-state index contributed by atoms with van der Waals surface area (Å²) in [5, 5.41) is 3.33. The molecular weight excluding hydrogens is 373 g/mol. The predicted octanol–water partition coefficient (Wildman–Crippen LogP) is 4.48. The minimum Gasteiger partial charge on any atom is -0.462 e. The second kappa shape index (κ2) is 7.38. The zero-order valence-electron chi connectivity index (χ0n) is 15.1. The average Bonchev–Trinajstić information content (AvgIpc) is 2.66. The summed E-state index contributed by atoms with van der Waals surface area (Å²) in [7, 11) is 1.52. The molecule has 3 aromatic rings. The lowest BCUT2D eigenvalue weighted by molar-refractivity contribution is -0.137. The molecule has 0 saturated heterocycles. The number of alkyl halides is 3. The van der Waals surface area contributed by atoms with Gasteiger partial charge < -0.3 is 14.6 Å². The Morgan fingerprint density at radius 1 is 1.14 bits per heavy atom. The van der Waals surface area contributed by atoms with Crippen molar-refractivity contribution in [3.8, 4) is 0 Å². The fourth-order valence-electron chi connectivity index (χ4n) is 2.94. The molecule has 0 atom stereocenters. The minimum absolute atomic E-state index is 0.0534. The maximum absolute atomic E-state index is 13.0. The number of aryl methyl sites for hydroxylation is 1. The van der Waals surface area contributed by atoms with Crippen LogP contribution in [0.3, 0.4) is 0 Å². The van der Waals surface area contributed by atoms with E-state index < -0.39 is 23.3 Å². The number of para-hydroxylation sites is 1. The number of hydrogen-bond acceptors (Lipinski definition) is 4. The van der Waals surface area contributed by atoms with Crippen LogP contribution >= 0.6 is 0 Å². The topological polar surface area (TPSA) is 60.3 Å². The molecule has 0 spiro atoms. The van der Waals surface area contributed by atoms with Gasteiger partial charge in [-0.15, -0.1) is 0 Å². The molecule has 0 aliphatic carbocycles. The monoisotopic (exact) mass is 390 g/mol. The summed E-state index contributed by atoms with van der Waals surface area (Å²) >= 11 is 0. The van der Waals surface area contributed by atoms with Crippen molar-refractivity contribution in [2.45, 2.75) is 13.1 Å². The first kappa shape index (κ1) is 19.5. The van der Waals surface area contributed by atoms with E-state index in [1.54, 1.807) is 31.2 Å². The maximum atomic E-state index is 13.0. The highest BCUT2D eigenvalue weighted by molar-refractivity contribution is 6.06. The van der Waals surface area contributed by atoms with Gasteiger partial charge in [0.15, 0.2) is 0 Å². The van der Waals surface area contributed by atoms with E-state index in [-0.39, 0.29) is 23.5 Å². The standard InChI is InChI=1S/C20H17F3N2O3/c1-3-28-19(27)16-17(14-9-4-5-10-15(14)25(2)18(16)26)24-13-8-6-7-12(11-13)20(21,22)23/h4-11,24H,3H2,1-2H3. The number of nitrogens with one attached hydrogen (secondary N) is 1. The Hall–Kier alpha value is -3.29. The Labute approximate surface area is 158 Å². The van der Waals surface area contributed by atoms with Crippen molar-refractivity contribution in [3.63, 3.8) is 0 Å². The Balaban J connectivity index is 2.25. The van der Waals surface area contributed by atoms with Crippen LogP contribution < -0.4 is 10.9 Å². The van der Waals surface area contributed by atoms with Crippen LogP contribution in [0.4, 0.5) is 24.5 Å². The summed E-state index contributed by atoms with van der Waals surface area (Å²) < 4.78 is 45.4. The van der Waals surface area contributed by atoms with E-state index >= 15 is 0 Å². The second-order valence-electron chi connectivity index (χ2n) is 6.06. The number of fused-ring (bicyclic) bond motifs is 1. The molecular formula is C20H17F3N2O3. The quantitative estimate of drug-likeness (QED) is 0.668. The SMILES string of the molecule is CCOC(=O)c1c(Nc2cccc(C(F)(F)F)c2)c2ccccc2n(C)c1=O. The molecule has 0 radical (unpaired) electrons. The number of pyridine rings is 1. The number of halogens is 3. The zero-order valence-corrected chi connectivity index (χ0v) is 15.1. The van der Waals surface area contributed by atoms with E-state index in [1.165, 1.54) is 23.7 Å². The molecule has 5 nitrogen and oxygen atoms in total. The van der Waals surface area contributed by atoms with Gasteiger partial charge in [-0.1, -0.05) is 24.3 Å². The first-order chi connectivity index (χ1) is 13.2. The largest absolute Gasteiger partial charge is 0.462 e. The molecule has 1 aromatic heterocycles. The molecule has 3 rings (SSSR count). The minimum atomic E-state index is -4.52. The second-order valence-corrected chi connectivity index (χ2v) is 6.06. The van der Waals surface area contributed by atoms with Crippen molar-refractivity contribution < 1.29 is 22.7 Å². The van der Waals surface area contributed by atoms with Gasteiger partial charge in [-0.2, -0.15) is 13.2 Å². The van der Waals surface area contributed by atoms with Crippen molar-refractivity contribution in [1.82, 2.24) is 4.57 Å². The predicted molar refractivity (Wildman–Crippen MR) is 99.9 cm³/mol. The molecule has 0 amide bonds. The number of carbonyl (C=O) groups excluding carboxylic acids is 1. The van der Waals surface area contributed by atoms with Gasteiger partial charge in [0.1, 0.15) is 5.56 Å². The van der Waals surface area contributed by atoms with Gasteiger partial charge in [0.2, 0.25) is 0 Å². The first-order valence-corrected chi connectivity index (χ1v) is 8.47.